The molecule has 0 heterocycles. The van der Waals surface area contributed by atoms with Crippen molar-refractivity contribution in [2.45, 2.75) is 12.8 Å². The summed E-state index contributed by atoms with van der Waals surface area (Å²) >= 11 is 0. The summed E-state index contributed by atoms with van der Waals surface area (Å²) in [6.45, 7) is 1.82. The molecule has 23 heavy (non-hydrogen) atoms. The van der Waals surface area contributed by atoms with E-state index in [1.54, 1.807) is 0 Å². The average molecular weight is 306 g/mol. The van der Waals surface area contributed by atoms with E-state index in [0.29, 0.717) is 0 Å². The summed E-state index contributed by atoms with van der Waals surface area (Å²) in [4.78, 5) is 11.6. The Morgan fingerprint density at radius 3 is 2.22 bits per heavy atom. The molecule has 0 aliphatic carbocycles. The van der Waals surface area contributed by atoms with Crippen LogP contribution in [0.3, 0.4) is 0 Å². The molecule has 3 aromatic carbocycles. The van der Waals surface area contributed by atoms with E-state index in [-0.39, 0.29) is 11.9 Å². The van der Waals surface area contributed by atoms with Gasteiger partial charge in [0.2, 0.25) is 0 Å². The van der Waals surface area contributed by atoms with Crippen molar-refractivity contribution in [2.24, 2.45) is 0 Å². The van der Waals surface area contributed by atoms with Crippen LogP contribution in [0.2, 0.25) is 0 Å². The summed E-state index contributed by atoms with van der Waals surface area (Å²) in [6, 6.07) is 21.7. The van der Waals surface area contributed by atoms with Gasteiger partial charge in [0.25, 0.3) is 0 Å². The van der Waals surface area contributed by atoms with E-state index < -0.39 is 0 Å². The third kappa shape index (κ3) is 3.34. The molecule has 0 amide bonds. The zero-order valence-corrected chi connectivity index (χ0v) is 13.2. The predicted octanol–water partition coefficient (Wildman–Crippen LogP) is 4.91. The lowest BCUT2D eigenvalue weighted by molar-refractivity contribution is -0.141. The first-order chi connectivity index (χ1) is 11.2. The quantitative estimate of drug-likeness (QED) is 0.643. The van der Waals surface area contributed by atoms with Crippen molar-refractivity contribution in [1.29, 1.82) is 0 Å². The van der Waals surface area contributed by atoms with E-state index in [9.17, 15) is 4.79 Å². The van der Waals surface area contributed by atoms with Crippen LogP contribution in [-0.2, 0) is 9.53 Å². The summed E-state index contributed by atoms with van der Waals surface area (Å²) in [7, 11) is 1.40. The maximum atomic E-state index is 11.6. The molecule has 0 bridgehead atoms. The topological polar surface area (TPSA) is 35.5 Å². The van der Waals surface area contributed by atoms with Crippen LogP contribution < -0.4 is 4.74 Å². The van der Waals surface area contributed by atoms with Crippen LogP contribution in [0.15, 0.2) is 66.7 Å². The molecular weight excluding hydrogens is 288 g/mol. The van der Waals surface area contributed by atoms with E-state index in [2.05, 4.69) is 12.1 Å². The number of methoxy groups -OCH3 is 1. The fraction of sp³-hybridized carbons (Fsp3) is 0.150. The number of hydrogen-bond donors (Lipinski definition) is 0. The molecule has 0 unspecified atom stereocenters. The Morgan fingerprint density at radius 1 is 0.870 bits per heavy atom. The van der Waals surface area contributed by atoms with Crippen LogP contribution in [0.5, 0.6) is 11.5 Å². The second kappa shape index (κ2) is 6.53. The Hall–Kier alpha value is -2.81. The average Bonchev–Trinajstić information content (AvgIpc) is 2.61. The molecule has 3 rings (SSSR count). The molecule has 0 radical (unpaired) electrons. The first kappa shape index (κ1) is 15.1. The lowest BCUT2D eigenvalue weighted by Crippen LogP contribution is -2.10. The van der Waals surface area contributed by atoms with Gasteiger partial charge in [0, 0.05) is 0 Å². The van der Waals surface area contributed by atoms with Gasteiger partial charge in [0.15, 0.2) is 0 Å². The molecule has 3 nitrogen and oxygen atoms in total. The lowest BCUT2D eigenvalue weighted by Gasteiger charge is -2.11. The summed E-state index contributed by atoms with van der Waals surface area (Å²) in [5.41, 5.74) is 0.905. The van der Waals surface area contributed by atoms with Gasteiger partial charge in [-0.15, -0.1) is 0 Å². The Morgan fingerprint density at radius 2 is 1.52 bits per heavy atom. The minimum Gasteiger partial charge on any atom is -0.469 e. The molecule has 1 atom stereocenters. The van der Waals surface area contributed by atoms with Crippen LogP contribution in [0.25, 0.3) is 10.8 Å². The van der Waals surface area contributed by atoms with Gasteiger partial charge in [0.1, 0.15) is 11.5 Å². The largest absolute Gasteiger partial charge is 0.469 e. The SMILES string of the molecule is COC(=O)[C@H](C)c1ccc(Oc2ccc3ccccc3c2)cc1. The molecule has 116 valence electrons. The Bertz CT molecular complexity index is 822. The van der Waals surface area contributed by atoms with E-state index >= 15 is 0 Å². The van der Waals surface area contributed by atoms with Gasteiger partial charge >= 0.3 is 5.97 Å². The molecule has 0 N–H and O–H groups in total. The smallest absolute Gasteiger partial charge is 0.312 e. The number of carbonyl (C=O) groups excluding carboxylic acids is 1. The van der Waals surface area contributed by atoms with Gasteiger partial charge in [-0.25, -0.2) is 0 Å². The fourth-order valence-electron chi connectivity index (χ4n) is 2.50. The number of fused-ring (bicyclic) bond motifs is 1. The van der Waals surface area contributed by atoms with Gasteiger partial charge < -0.3 is 9.47 Å². The third-order valence-electron chi connectivity index (χ3n) is 3.89. The Labute approximate surface area is 135 Å². The molecule has 0 aromatic heterocycles. The molecule has 0 saturated carbocycles. The minimum absolute atomic E-state index is 0.242. The Balaban J connectivity index is 1.78. The second-order valence-electron chi connectivity index (χ2n) is 5.42. The first-order valence-electron chi connectivity index (χ1n) is 7.52. The molecule has 0 aliphatic rings. The van der Waals surface area contributed by atoms with E-state index in [1.807, 2.05) is 61.5 Å². The van der Waals surface area contributed by atoms with Gasteiger partial charge in [-0.05, 0) is 47.5 Å². The highest BCUT2D eigenvalue weighted by molar-refractivity contribution is 5.83. The summed E-state index contributed by atoms with van der Waals surface area (Å²) in [6.07, 6.45) is 0. The summed E-state index contributed by atoms with van der Waals surface area (Å²) in [5.74, 6) is 1.00. The van der Waals surface area contributed by atoms with Gasteiger partial charge in [-0.3, -0.25) is 4.79 Å². The fourth-order valence-corrected chi connectivity index (χ4v) is 2.50. The highest BCUT2D eigenvalue weighted by atomic mass is 16.5. The second-order valence-corrected chi connectivity index (χ2v) is 5.42. The number of hydrogen-bond acceptors (Lipinski definition) is 3. The van der Waals surface area contributed by atoms with Gasteiger partial charge in [0.05, 0.1) is 13.0 Å². The number of esters is 1. The first-order valence-corrected chi connectivity index (χ1v) is 7.52. The van der Waals surface area contributed by atoms with Crippen LogP contribution >= 0.6 is 0 Å². The van der Waals surface area contributed by atoms with Gasteiger partial charge in [-0.1, -0.05) is 42.5 Å². The van der Waals surface area contributed by atoms with Crippen molar-refractivity contribution in [3.63, 3.8) is 0 Å². The molecule has 3 aromatic rings. The molecule has 0 fully saturated rings. The van der Waals surface area contributed by atoms with Crippen molar-refractivity contribution in [3.05, 3.63) is 72.3 Å². The zero-order chi connectivity index (χ0) is 16.2. The van der Waals surface area contributed by atoms with E-state index in [1.165, 1.54) is 12.5 Å². The molecule has 0 spiro atoms. The number of benzene rings is 3. The van der Waals surface area contributed by atoms with Crippen molar-refractivity contribution >= 4 is 16.7 Å². The molecular formula is C20H18O3. The summed E-state index contributed by atoms with van der Waals surface area (Å²) in [5, 5.41) is 2.32. The minimum atomic E-state index is -0.283. The molecule has 0 aliphatic heterocycles. The maximum absolute atomic E-state index is 11.6. The predicted molar refractivity (Wildman–Crippen MR) is 90.9 cm³/mol. The monoisotopic (exact) mass is 306 g/mol. The number of ether oxygens (including phenoxy) is 2. The highest BCUT2D eigenvalue weighted by Gasteiger charge is 2.15. The van der Waals surface area contributed by atoms with Crippen molar-refractivity contribution in [1.82, 2.24) is 0 Å². The van der Waals surface area contributed by atoms with Crippen LogP contribution in [0.1, 0.15) is 18.4 Å². The third-order valence-corrected chi connectivity index (χ3v) is 3.89. The van der Waals surface area contributed by atoms with Crippen molar-refractivity contribution < 1.29 is 14.3 Å². The lowest BCUT2D eigenvalue weighted by atomic mass is 10.0. The van der Waals surface area contributed by atoms with Crippen molar-refractivity contribution in [2.75, 3.05) is 7.11 Å². The number of carbonyl (C=O) groups is 1. The van der Waals surface area contributed by atoms with Crippen molar-refractivity contribution in [3.8, 4) is 11.5 Å². The molecule has 0 saturated heterocycles. The zero-order valence-electron chi connectivity index (χ0n) is 13.2. The highest BCUT2D eigenvalue weighted by Crippen LogP contribution is 2.27. The maximum Gasteiger partial charge on any atom is 0.312 e. The van der Waals surface area contributed by atoms with Crippen LogP contribution in [-0.4, -0.2) is 13.1 Å². The standard InChI is InChI=1S/C20H18O3/c1-14(20(21)22-2)15-7-10-18(11-8-15)23-19-12-9-16-5-3-4-6-17(16)13-19/h3-14H,1-2H3/t14-/m1/s1. The van der Waals surface area contributed by atoms with E-state index in [4.69, 9.17) is 9.47 Å². The molecule has 3 heteroatoms. The summed E-state index contributed by atoms with van der Waals surface area (Å²) < 4.78 is 10.7. The van der Waals surface area contributed by atoms with Crippen LogP contribution in [0.4, 0.5) is 0 Å². The normalized spacial score (nSPS) is 11.9. The van der Waals surface area contributed by atoms with Crippen LogP contribution in [0, 0.1) is 0 Å². The number of rotatable bonds is 4. The van der Waals surface area contributed by atoms with Gasteiger partial charge in [-0.2, -0.15) is 0 Å². The Kier molecular flexibility index (Phi) is 4.29. The van der Waals surface area contributed by atoms with E-state index in [0.717, 1.165) is 22.4 Å².